The first-order valence-corrected chi connectivity index (χ1v) is 11.4. The molecule has 6 heteroatoms. The fourth-order valence-electron chi connectivity index (χ4n) is 4.82. The number of rotatable bonds is 5. The summed E-state index contributed by atoms with van der Waals surface area (Å²) in [7, 11) is 0. The van der Waals surface area contributed by atoms with Crippen molar-refractivity contribution in [3.05, 3.63) is 30.5 Å². The number of fused-ring (bicyclic) bond motifs is 1. The summed E-state index contributed by atoms with van der Waals surface area (Å²) in [5.74, 6) is 1.76. The summed E-state index contributed by atoms with van der Waals surface area (Å²) in [5, 5.41) is 4.14. The molecule has 1 amide bonds. The van der Waals surface area contributed by atoms with Gasteiger partial charge in [-0.1, -0.05) is 25.3 Å². The number of benzene rings is 1. The third-order valence-electron chi connectivity index (χ3n) is 6.88. The zero-order valence-electron chi connectivity index (χ0n) is 17.7. The van der Waals surface area contributed by atoms with Crippen molar-refractivity contribution in [3.8, 4) is 0 Å². The van der Waals surface area contributed by atoms with Gasteiger partial charge in [-0.25, -0.2) is 4.99 Å². The molecule has 2 heterocycles. The van der Waals surface area contributed by atoms with Gasteiger partial charge >= 0.3 is 0 Å². The third-order valence-corrected chi connectivity index (χ3v) is 6.88. The van der Waals surface area contributed by atoms with Crippen molar-refractivity contribution < 1.29 is 4.79 Å². The minimum absolute atomic E-state index is 0.0742. The fraction of sp³-hybridized carbons (Fsp3) is 0.542. The van der Waals surface area contributed by atoms with Crippen molar-refractivity contribution in [1.29, 1.82) is 0 Å². The second-order valence-electron chi connectivity index (χ2n) is 9.33. The number of hydrogen-bond donors (Lipinski definition) is 2. The Morgan fingerprint density at radius 2 is 2.03 bits per heavy atom. The van der Waals surface area contributed by atoms with Crippen LogP contribution in [0.3, 0.4) is 0 Å². The predicted molar refractivity (Wildman–Crippen MR) is 122 cm³/mol. The molecule has 1 aromatic heterocycles. The molecule has 2 aliphatic carbocycles. The van der Waals surface area contributed by atoms with Crippen molar-refractivity contribution >= 4 is 34.7 Å². The zero-order chi connectivity index (χ0) is 20.6. The van der Waals surface area contributed by atoms with Crippen LogP contribution in [-0.2, 0) is 4.79 Å². The number of nitrogens with zero attached hydrogens (tertiary/aromatic N) is 3. The lowest BCUT2D eigenvalue weighted by molar-refractivity contribution is -0.120. The van der Waals surface area contributed by atoms with Crippen molar-refractivity contribution in [3.63, 3.8) is 0 Å². The highest BCUT2D eigenvalue weighted by Crippen LogP contribution is 2.35. The van der Waals surface area contributed by atoms with E-state index in [1.54, 1.807) is 6.34 Å². The molecule has 0 radical (unpaired) electrons. The number of H-pyrrole nitrogens is 1. The molecule has 2 aromatic rings. The van der Waals surface area contributed by atoms with Crippen LogP contribution in [0.5, 0.6) is 0 Å². The number of carbonyl (C=O) groups is 1. The standard InChI is InChI=1S/C24H31N5O/c1-24(23(30)28-21-9-5-8-20-19(21)12-13-25-20)14-22(26-16-27-24)29(15-17-10-11-17)18-6-3-2-4-7-18/h5,8-9,12-13,16-18,25H,2-4,6-7,10-11,14-15H2,1H3,(H,28,30). The Balaban J connectivity index is 1.34. The molecular formula is C24H31N5O. The SMILES string of the molecule is CC1(C(=O)Nc2cccc3[nH]ccc23)CC(N(CC2CC2)C2CCCCC2)=NC=N1. The van der Waals surface area contributed by atoms with Gasteiger partial charge in [0.1, 0.15) is 17.7 Å². The number of anilines is 1. The summed E-state index contributed by atoms with van der Waals surface area (Å²) in [6.07, 6.45) is 13.1. The number of carbonyl (C=O) groups excluding carboxylic acids is 1. The zero-order valence-corrected chi connectivity index (χ0v) is 17.7. The molecule has 0 bridgehead atoms. The number of aromatic amines is 1. The molecule has 5 rings (SSSR count). The summed E-state index contributed by atoms with van der Waals surface area (Å²) in [6, 6.07) is 8.46. The highest BCUT2D eigenvalue weighted by Gasteiger charge is 2.40. The molecule has 30 heavy (non-hydrogen) atoms. The Morgan fingerprint density at radius 1 is 1.20 bits per heavy atom. The highest BCUT2D eigenvalue weighted by atomic mass is 16.2. The molecule has 1 aromatic carbocycles. The predicted octanol–water partition coefficient (Wildman–Crippen LogP) is 4.74. The van der Waals surface area contributed by atoms with Gasteiger partial charge in [0.2, 0.25) is 0 Å². The van der Waals surface area contributed by atoms with Gasteiger partial charge in [-0.15, -0.1) is 0 Å². The molecule has 1 atom stereocenters. The van der Waals surface area contributed by atoms with E-state index in [0.29, 0.717) is 12.5 Å². The van der Waals surface area contributed by atoms with E-state index in [1.165, 1.54) is 44.9 Å². The van der Waals surface area contributed by atoms with Gasteiger partial charge in [0.15, 0.2) is 0 Å². The largest absolute Gasteiger partial charge is 0.361 e. The lowest BCUT2D eigenvalue weighted by Gasteiger charge is -2.39. The summed E-state index contributed by atoms with van der Waals surface area (Å²) in [4.78, 5) is 28.3. The van der Waals surface area contributed by atoms with Crippen LogP contribution in [0, 0.1) is 5.92 Å². The van der Waals surface area contributed by atoms with Crippen LogP contribution in [0.4, 0.5) is 5.69 Å². The van der Waals surface area contributed by atoms with E-state index in [0.717, 1.165) is 34.9 Å². The van der Waals surface area contributed by atoms with Crippen molar-refractivity contribution in [1.82, 2.24) is 9.88 Å². The highest BCUT2D eigenvalue weighted by molar-refractivity contribution is 6.08. The first-order chi connectivity index (χ1) is 14.6. The molecule has 0 saturated heterocycles. The Labute approximate surface area is 177 Å². The number of aliphatic imine (C=N–C) groups is 2. The number of nitrogens with one attached hydrogen (secondary N) is 2. The van der Waals surface area contributed by atoms with Crippen LogP contribution in [0.15, 0.2) is 40.4 Å². The van der Waals surface area contributed by atoms with E-state index in [-0.39, 0.29) is 5.91 Å². The third kappa shape index (κ3) is 3.87. The molecule has 1 aliphatic heterocycles. The molecule has 3 aliphatic rings. The quantitative estimate of drug-likeness (QED) is 0.754. The van der Waals surface area contributed by atoms with Crippen molar-refractivity contribution in [2.45, 2.75) is 69.9 Å². The molecule has 2 N–H and O–H groups in total. The number of aromatic nitrogens is 1. The molecule has 0 spiro atoms. The Morgan fingerprint density at radius 3 is 2.83 bits per heavy atom. The van der Waals surface area contributed by atoms with E-state index in [1.807, 2.05) is 37.4 Å². The van der Waals surface area contributed by atoms with Crippen LogP contribution >= 0.6 is 0 Å². The summed E-state index contributed by atoms with van der Waals surface area (Å²) < 4.78 is 0. The lowest BCUT2D eigenvalue weighted by atomic mass is 9.91. The molecular weight excluding hydrogens is 374 g/mol. The van der Waals surface area contributed by atoms with Gasteiger partial charge < -0.3 is 15.2 Å². The van der Waals surface area contributed by atoms with Gasteiger partial charge in [0.25, 0.3) is 5.91 Å². The summed E-state index contributed by atoms with van der Waals surface area (Å²) >= 11 is 0. The Bertz CT molecular complexity index is 982. The normalized spacial score (nSPS) is 24.6. The second kappa shape index (κ2) is 7.89. The lowest BCUT2D eigenvalue weighted by Crippen LogP contribution is -2.49. The first kappa shape index (κ1) is 19.3. The van der Waals surface area contributed by atoms with Gasteiger partial charge in [-0.05, 0) is 56.7 Å². The molecule has 6 nitrogen and oxygen atoms in total. The molecule has 2 fully saturated rings. The van der Waals surface area contributed by atoms with Crippen LogP contribution in [0.25, 0.3) is 10.9 Å². The fourth-order valence-corrected chi connectivity index (χ4v) is 4.82. The van der Waals surface area contributed by atoms with Gasteiger partial charge in [0.05, 0.1) is 5.69 Å². The van der Waals surface area contributed by atoms with Crippen LogP contribution in [0.1, 0.15) is 58.3 Å². The Hall–Kier alpha value is -2.63. The van der Waals surface area contributed by atoms with E-state index >= 15 is 0 Å². The Kier molecular flexibility index (Phi) is 5.09. The van der Waals surface area contributed by atoms with Crippen LogP contribution < -0.4 is 5.32 Å². The average Bonchev–Trinajstić information content (AvgIpc) is 3.46. The maximum Gasteiger partial charge on any atom is 0.252 e. The maximum absolute atomic E-state index is 13.3. The number of hydrogen-bond acceptors (Lipinski definition) is 4. The topological polar surface area (TPSA) is 72.8 Å². The first-order valence-electron chi connectivity index (χ1n) is 11.4. The smallest absolute Gasteiger partial charge is 0.252 e. The van der Waals surface area contributed by atoms with Crippen molar-refractivity contribution in [2.24, 2.45) is 15.9 Å². The second-order valence-corrected chi connectivity index (χ2v) is 9.33. The van der Waals surface area contributed by atoms with E-state index in [2.05, 4.69) is 25.2 Å². The van der Waals surface area contributed by atoms with Gasteiger partial charge in [0, 0.05) is 36.1 Å². The summed E-state index contributed by atoms with van der Waals surface area (Å²) in [5.41, 5.74) is 0.994. The average molecular weight is 406 g/mol. The molecule has 1 unspecified atom stereocenters. The van der Waals surface area contributed by atoms with Crippen molar-refractivity contribution in [2.75, 3.05) is 11.9 Å². The van der Waals surface area contributed by atoms with Crippen LogP contribution in [-0.4, -0.2) is 46.1 Å². The minimum atomic E-state index is -0.841. The number of amidine groups is 1. The minimum Gasteiger partial charge on any atom is -0.361 e. The number of amides is 1. The van der Waals surface area contributed by atoms with E-state index in [9.17, 15) is 4.79 Å². The van der Waals surface area contributed by atoms with E-state index < -0.39 is 5.54 Å². The molecule has 158 valence electrons. The maximum atomic E-state index is 13.3. The molecule has 2 saturated carbocycles. The monoisotopic (exact) mass is 405 g/mol. The summed E-state index contributed by atoms with van der Waals surface area (Å²) in [6.45, 7) is 3.01. The van der Waals surface area contributed by atoms with Gasteiger partial charge in [-0.2, -0.15) is 0 Å². The van der Waals surface area contributed by atoms with Crippen LogP contribution in [0.2, 0.25) is 0 Å². The van der Waals surface area contributed by atoms with E-state index in [4.69, 9.17) is 0 Å². The van der Waals surface area contributed by atoms with Gasteiger partial charge in [-0.3, -0.25) is 9.79 Å².